The van der Waals surface area contributed by atoms with Gasteiger partial charge in [-0.05, 0) is 24.9 Å². The number of aromatic nitrogens is 4. The summed E-state index contributed by atoms with van der Waals surface area (Å²) in [5, 5.41) is 11.8. The van der Waals surface area contributed by atoms with Gasteiger partial charge in [-0.2, -0.15) is 4.52 Å². The van der Waals surface area contributed by atoms with Crippen LogP contribution in [0.4, 0.5) is 0 Å². The van der Waals surface area contributed by atoms with E-state index in [0.29, 0.717) is 23.4 Å². The van der Waals surface area contributed by atoms with Crippen LogP contribution in [0.1, 0.15) is 0 Å². The molecule has 0 aromatic carbocycles. The SMILES string of the molecule is CN1C[C@@H]2CN(C(=O)COc3ccc4nncn4n3)C[C@@H]2C1. The maximum atomic E-state index is 12.3. The predicted molar refractivity (Wildman–Crippen MR) is 77.3 cm³/mol. The highest BCUT2D eigenvalue weighted by Crippen LogP contribution is 2.30. The molecule has 2 aromatic rings. The molecule has 2 aromatic heterocycles. The fourth-order valence-electron chi connectivity index (χ4n) is 3.45. The molecule has 8 nitrogen and oxygen atoms in total. The second-order valence-electron chi connectivity index (χ2n) is 6.13. The highest BCUT2D eigenvalue weighted by atomic mass is 16.5. The van der Waals surface area contributed by atoms with Crippen molar-refractivity contribution in [3.8, 4) is 5.88 Å². The number of nitrogens with zero attached hydrogens (tertiary/aromatic N) is 6. The van der Waals surface area contributed by atoms with Crippen LogP contribution in [0.15, 0.2) is 18.5 Å². The van der Waals surface area contributed by atoms with Gasteiger partial charge in [-0.25, -0.2) is 0 Å². The van der Waals surface area contributed by atoms with Crippen LogP contribution < -0.4 is 4.74 Å². The van der Waals surface area contributed by atoms with Gasteiger partial charge in [-0.1, -0.05) is 0 Å². The van der Waals surface area contributed by atoms with Gasteiger partial charge in [0.05, 0.1) is 0 Å². The zero-order valence-electron chi connectivity index (χ0n) is 12.4. The van der Waals surface area contributed by atoms with Gasteiger partial charge in [0, 0.05) is 32.2 Å². The Balaban J connectivity index is 1.35. The maximum Gasteiger partial charge on any atom is 0.260 e. The lowest BCUT2D eigenvalue weighted by Gasteiger charge is -2.19. The van der Waals surface area contributed by atoms with Crippen LogP contribution in [0.3, 0.4) is 0 Å². The normalized spacial score (nSPS) is 24.9. The largest absolute Gasteiger partial charge is 0.467 e. The number of hydrogen-bond acceptors (Lipinski definition) is 6. The van der Waals surface area contributed by atoms with E-state index in [1.54, 1.807) is 12.1 Å². The molecule has 4 heterocycles. The van der Waals surface area contributed by atoms with Crippen molar-refractivity contribution in [2.75, 3.05) is 39.8 Å². The van der Waals surface area contributed by atoms with Gasteiger partial charge in [0.15, 0.2) is 12.3 Å². The van der Waals surface area contributed by atoms with Gasteiger partial charge in [-0.3, -0.25) is 4.79 Å². The number of ether oxygens (including phenoxy) is 1. The molecule has 0 spiro atoms. The van der Waals surface area contributed by atoms with Crippen LogP contribution >= 0.6 is 0 Å². The van der Waals surface area contributed by atoms with Crippen molar-refractivity contribution in [3.05, 3.63) is 18.5 Å². The summed E-state index contributed by atoms with van der Waals surface area (Å²) >= 11 is 0. The second kappa shape index (κ2) is 5.20. The van der Waals surface area contributed by atoms with E-state index in [9.17, 15) is 4.79 Å². The molecule has 0 radical (unpaired) electrons. The van der Waals surface area contributed by atoms with Crippen molar-refractivity contribution >= 4 is 11.6 Å². The van der Waals surface area contributed by atoms with Crippen LogP contribution in [-0.4, -0.2) is 75.4 Å². The quantitative estimate of drug-likeness (QED) is 0.762. The van der Waals surface area contributed by atoms with Gasteiger partial charge < -0.3 is 14.5 Å². The van der Waals surface area contributed by atoms with E-state index in [2.05, 4.69) is 27.2 Å². The lowest BCUT2D eigenvalue weighted by atomic mass is 10.0. The summed E-state index contributed by atoms with van der Waals surface area (Å²) in [5.74, 6) is 1.66. The summed E-state index contributed by atoms with van der Waals surface area (Å²) in [5.41, 5.74) is 0.648. The Bertz CT molecular complexity index is 687. The average Bonchev–Trinajstić information content (AvgIpc) is 3.17. The number of amides is 1. The van der Waals surface area contributed by atoms with Gasteiger partial charge in [0.2, 0.25) is 5.88 Å². The Morgan fingerprint density at radius 3 is 2.82 bits per heavy atom. The molecule has 0 N–H and O–H groups in total. The number of likely N-dealkylation sites (tertiary alicyclic amines) is 2. The Morgan fingerprint density at radius 1 is 1.27 bits per heavy atom. The first-order chi connectivity index (χ1) is 10.7. The average molecular weight is 302 g/mol. The number of hydrogen-bond donors (Lipinski definition) is 0. The first-order valence-corrected chi connectivity index (χ1v) is 7.45. The molecule has 0 aliphatic carbocycles. The monoisotopic (exact) mass is 302 g/mol. The Labute approximate surface area is 127 Å². The molecule has 1 amide bonds. The molecule has 2 aliphatic heterocycles. The molecule has 2 aliphatic rings. The first-order valence-electron chi connectivity index (χ1n) is 7.45. The summed E-state index contributed by atoms with van der Waals surface area (Å²) in [6, 6.07) is 3.46. The third-order valence-electron chi connectivity index (χ3n) is 4.50. The third-order valence-corrected chi connectivity index (χ3v) is 4.50. The summed E-state index contributed by atoms with van der Waals surface area (Å²) in [4.78, 5) is 16.5. The zero-order valence-corrected chi connectivity index (χ0v) is 12.4. The van der Waals surface area contributed by atoms with Gasteiger partial charge in [0.1, 0.15) is 6.33 Å². The summed E-state index contributed by atoms with van der Waals surface area (Å²) < 4.78 is 7.04. The zero-order chi connectivity index (χ0) is 15.1. The van der Waals surface area contributed by atoms with Crippen LogP contribution in [-0.2, 0) is 4.79 Å². The fourth-order valence-corrected chi connectivity index (χ4v) is 3.45. The van der Waals surface area contributed by atoms with Gasteiger partial charge in [0.25, 0.3) is 5.91 Å². The lowest BCUT2D eigenvalue weighted by Crippen LogP contribution is -2.35. The highest BCUT2D eigenvalue weighted by molar-refractivity contribution is 5.78. The smallest absolute Gasteiger partial charge is 0.260 e. The molecule has 0 unspecified atom stereocenters. The van der Waals surface area contributed by atoms with E-state index in [0.717, 1.165) is 26.2 Å². The Hall–Kier alpha value is -2.22. The van der Waals surface area contributed by atoms with Crippen molar-refractivity contribution in [1.29, 1.82) is 0 Å². The summed E-state index contributed by atoms with van der Waals surface area (Å²) in [6.07, 6.45) is 1.50. The number of carbonyl (C=O) groups is 1. The minimum absolute atomic E-state index is 0.0237. The van der Waals surface area contributed by atoms with Crippen molar-refractivity contribution in [3.63, 3.8) is 0 Å². The molecule has 116 valence electrons. The minimum atomic E-state index is 0.0237. The van der Waals surface area contributed by atoms with E-state index < -0.39 is 0 Å². The number of carbonyl (C=O) groups excluding carboxylic acids is 1. The topological polar surface area (TPSA) is 75.9 Å². The van der Waals surface area contributed by atoms with Gasteiger partial charge >= 0.3 is 0 Å². The van der Waals surface area contributed by atoms with Crippen molar-refractivity contribution in [2.24, 2.45) is 11.8 Å². The van der Waals surface area contributed by atoms with E-state index in [-0.39, 0.29) is 12.5 Å². The molecule has 22 heavy (non-hydrogen) atoms. The second-order valence-corrected chi connectivity index (χ2v) is 6.13. The lowest BCUT2D eigenvalue weighted by molar-refractivity contribution is -0.132. The third kappa shape index (κ3) is 2.39. The minimum Gasteiger partial charge on any atom is -0.467 e. The highest BCUT2D eigenvalue weighted by Gasteiger charge is 2.40. The summed E-state index contributed by atoms with van der Waals surface area (Å²) in [7, 11) is 2.14. The van der Waals surface area contributed by atoms with Crippen LogP contribution in [0.5, 0.6) is 5.88 Å². The van der Waals surface area contributed by atoms with Crippen LogP contribution in [0.25, 0.3) is 5.65 Å². The van der Waals surface area contributed by atoms with Gasteiger partial charge in [-0.15, -0.1) is 15.3 Å². The molecule has 2 saturated heterocycles. The van der Waals surface area contributed by atoms with Crippen molar-refractivity contribution in [1.82, 2.24) is 29.6 Å². The van der Waals surface area contributed by atoms with Crippen LogP contribution in [0.2, 0.25) is 0 Å². The van der Waals surface area contributed by atoms with E-state index in [4.69, 9.17) is 4.74 Å². The maximum absolute atomic E-state index is 12.3. The number of fused-ring (bicyclic) bond motifs is 2. The molecular weight excluding hydrogens is 284 g/mol. The molecular formula is C14H18N6O2. The first kappa shape index (κ1) is 13.4. The van der Waals surface area contributed by atoms with Crippen LogP contribution in [0, 0.1) is 11.8 Å². The Kier molecular flexibility index (Phi) is 3.18. The predicted octanol–water partition coefficient (Wildman–Crippen LogP) is -0.477. The van der Waals surface area contributed by atoms with E-state index in [1.807, 2.05) is 4.90 Å². The van der Waals surface area contributed by atoms with Crippen molar-refractivity contribution < 1.29 is 9.53 Å². The standard InChI is InChI=1S/C14H18N6O2/c1-18-4-10-6-19(7-11(10)5-18)14(21)8-22-13-3-2-12-16-15-9-20(12)17-13/h2-3,9-11H,4-8H2,1H3/t10-,11+. The fraction of sp³-hybridized carbons (Fsp3) is 0.571. The van der Waals surface area contributed by atoms with E-state index in [1.165, 1.54) is 10.8 Å². The number of rotatable bonds is 3. The van der Waals surface area contributed by atoms with E-state index >= 15 is 0 Å². The van der Waals surface area contributed by atoms with Crippen molar-refractivity contribution in [2.45, 2.75) is 0 Å². The molecule has 4 rings (SSSR count). The summed E-state index contributed by atoms with van der Waals surface area (Å²) in [6.45, 7) is 3.88. The molecule has 8 heteroatoms. The molecule has 0 saturated carbocycles. The Morgan fingerprint density at radius 2 is 2.05 bits per heavy atom. The molecule has 2 fully saturated rings. The molecule has 2 atom stereocenters. The molecule has 0 bridgehead atoms.